The monoisotopic (exact) mass is 506 g/mol. The van der Waals surface area contributed by atoms with Crippen LogP contribution in [0.5, 0.6) is 11.5 Å². The maximum atomic E-state index is 13.0. The van der Waals surface area contributed by atoms with Gasteiger partial charge in [-0.15, -0.1) is 10.2 Å². The maximum Gasteiger partial charge on any atom is 0.254 e. The number of anilines is 1. The molecular weight excluding hydrogens is 487 g/mol. The van der Waals surface area contributed by atoms with Crippen LogP contribution in [-0.2, 0) is 4.79 Å². The number of fused-ring (bicyclic) bond motifs is 1. The van der Waals surface area contributed by atoms with Gasteiger partial charge in [-0.25, -0.2) is 0 Å². The average molecular weight is 507 g/mol. The van der Waals surface area contributed by atoms with E-state index in [1.165, 1.54) is 22.3 Å². The molecule has 0 fully saturated rings. The van der Waals surface area contributed by atoms with E-state index in [0.717, 1.165) is 5.56 Å². The molecule has 4 rings (SSSR count). The number of carbonyl (C=O) groups excluding carboxylic acids is 2. The van der Waals surface area contributed by atoms with E-state index < -0.39 is 0 Å². The van der Waals surface area contributed by atoms with Crippen molar-refractivity contribution in [2.45, 2.75) is 13.8 Å². The van der Waals surface area contributed by atoms with Crippen molar-refractivity contribution in [3.63, 3.8) is 0 Å². The summed E-state index contributed by atoms with van der Waals surface area (Å²) in [5.41, 5.74) is 1.16. The van der Waals surface area contributed by atoms with Crippen LogP contribution in [0.15, 0.2) is 36.4 Å². The lowest BCUT2D eigenvalue weighted by atomic mass is 10.1. The number of aromatic nitrogens is 2. The van der Waals surface area contributed by atoms with Gasteiger partial charge in [-0.05, 0) is 42.3 Å². The molecule has 1 aliphatic rings. The van der Waals surface area contributed by atoms with Crippen LogP contribution in [0, 0.1) is 5.92 Å². The highest BCUT2D eigenvalue weighted by molar-refractivity contribution is 7.18. The third-order valence-corrected chi connectivity index (χ3v) is 6.29. The second-order valence-electron chi connectivity index (χ2n) is 7.74. The Hall–Kier alpha value is -2.88. The third-order valence-electron chi connectivity index (χ3n) is 4.66. The van der Waals surface area contributed by atoms with Crippen LogP contribution in [0.3, 0.4) is 0 Å². The number of benzene rings is 2. The second kappa shape index (κ2) is 9.94. The van der Waals surface area contributed by atoms with Gasteiger partial charge in [0.1, 0.15) is 11.6 Å². The van der Waals surface area contributed by atoms with E-state index in [4.69, 9.17) is 32.7 Å². The van der Waals surface area contributed by atoms with Crippen LogP contribution in [0.4, 0.5) is 5.13 Å². The lowest BCUT2D eigenvalue weighted by Crippen LogP contribution is -2.40. The van der Waals surface area contributed by atoms with Crippen molar-refractivity contribution in [1.82, 2.24) is 15.1 Å². The molecule has 11 heteroatoms. The number of halogens is 2. The smallest absolute Gasteiger partial charge is 0.254 e. The molecule has 33 heavy (non-hydrogen) atoms. The molecule has 1 aliphatic heterocycles. The second-order valence-corrected chi connectivity index (χ2v) is 9.53. The minimum absolute atomic E-state index is 0.143. The molecule has 172 valence electrons. The van der Waals surface area contributed by atoms with Gasteiger partial charge in [0.05, 0.1) is 10.0 Å². The van der Waals surface area contributed by atoms with E-state index in [9.17, 15) is 9.59 Å². The van der Waals surface area contributed by atoms with Crippen molar-refractivity contribution in [1.29, 1.82) is 0 Å². The molecule has 2 heterocycles. The van der Waals surface area contributed by atoms with E-state index in [1.807, 2.05) is 26.0 Å². The van der Waals surface area contributed by atoms with Gasteiger partial charge in [0, 0.05) is 17.7 Å². The fourth-order valence-electron chi connectivity index (χ4n) is 3.22. The lowest BCUT2D eigenvalue weighted by Gasteiger charge is -2.24. The highest BCUT2D eigenvalue weighted by Crippen LogP contribution is 2.37. The van der Waals surface area contributed by atoms with Gasteiger partial charge in [0.25, 0.3) is 5.91 Å². The van der Waals surface area contributed by atoms with Gasteiger partial charge in [0.15, 0.2) is 11.5 Å². The maximum absolute atomic E-state index is 13.0. The number of hydrogen-bond acceptors (Lipinski definition) is 7. The van der Waals surface area contributed by atoms with Crippen LogP contribution in [0.25, 0.3) is 10.6 Å². The van der Waals surface area contributed by atoms with E-state index in [1.54, 1.807) is 18.2 Å². The van der Waals surface area contributed by atoms with Crippen LogP contribution >= 0.6 is 34.5 Å². The Morgan fingerprint density at radius 2 is 1.88 bits per heavy atom. The van der Waals surface area contributed by atoms with Crippen LogP contribution in [-0.4, -0.2) is 46.8 Å². The number of rotatable bonds is 7. The minimum atomic E-state index is -0.377. The molecular formula is C22H20Cl2N4O4S. The topological polar surface area (TPSA) is 93.7 Å². The summed E-state index contributed by atoms with van der Waals surface area (Å²) >= 11 is 13.2. The molecule has 0 radical (unpaired) electrons. The number of amides is 2. The molecule has 0 spiro atoms. The summed E-state index contributed by atoms with van der Waals surface area (Å²) < 4.78 is 10.7. The molecule has 2 amide bonds. The molecule has 0 unspecified atom stereocenters. The highest BCUT2D eigenvalue weighted by atomic mass is 35.5. The number of nitrogens with zero attached hydrogens (tertiary/aromatic N) is 3. The predicted octanol–water partition coefficient (Wildman–Crippen LogP) is 4.98. The molecule has 8 nitrogen and oxygen atoms in total. The van der Waals surface area contributed by atoms with Gasteiger partial charge in [0.2, 0.25) is 17.8 Å². The summed E-state index contributed by atoms with van der Waals surface area (Å²) in [5, 5.41) is 12.5. The molecule has 0 atom stereocenters. The molecule has 2 aromatic carbocycles. The quantitative estimate of drug-likeness (QED) is 0.485. The van der Waals surface area contributed by atoms with Crippen molar-refractivity contribution < 1.29 is 19.1 Å². The number of carbonyl (C=O) groups is 2. The molecule has 1 aromatic heterocycles. The first kappa shape index (κ1) is 23.3. The first-order valence-corrected chi connectivity index (χ1v) is 11.6. The molecule has 3 aromatic rings. The van der Waals surface area contributed by atoms with Crippen molar-refractivity contribution >= 4 is 51.5 Å². The van der Waals surface area contributed by atoms with Crippen LogP contribution < -0.4 is 14.8 Å². The largest absolute Gasteiger partial charge is 0.454 e. The Bertz CT molecular complexity index is 1200. The Kier molecular flexibility index (Phi) is 7.02. The zero-order chi connectivity index (χ0) is 23.5. The van der Waals surface area contributed by atoms with E-state index in [0.29, 0.717) is 38.8 Å². The molecule has 1 N–H and O–H groups in total. The SMILES string of the molecule is CC(C)CN(CC(=O)Nc1nnc(-c2ccc3c(c2)OCO3)s1)C(=O)c1ccc(Cl)c(Cl)c1. The zero-order valence-electron chi connectivity index (χ0n) is 17.8. The Morgan fingerprint density at radius 3 is 2.64 bits per heavy atom. The minimum Gasteiger partial charge on any atom is -0.454 e. The van der Waals surface area contributed by atoms with Gasteiger partial charge in [-0.3, -0.25) is 14.9 Å². The van der Waals surface area contributed by atoms with Crippen molar-refractivity contribution in [2.24, 2.45) is 5.92 Å². The molecule has 0 saturated heterocycles. The van der Waals surface area contributed by atoms with Crippen LogP contribution in [0.2, 0.25) is 10.0 Å². The Balaban J connectivity index is 1.44. The van der Waals surface area contributed by atoms with Gasteiger partial charge >= 0.3 is 0 Å². The summed E-state index contributed by atoms with van der Waals surface area (Å²) in [7, 11) is 0. The van der Waals surface area contributed by atoms with E-state index in [2.05, 4.69) is 15.5 Å². The summed E-state index contributed by atoms with van der Waals surface area (Å²) in [6, 6.07) is 10.1. The predicted molar refractivity (Wildman–Crippen MR) is 127 cm³/mol. The normalized spacial score (nSPS) is 12.2. The summed E-state index contributed by atoms with van der Waals surface area (Å²) in [6.45, 7) is 4.37. The van der Waals surface area contributed by atoms with Crippen molar-refractivity contribution in [3.05, 3.63) is 52.0 Å². The number of nitrogens with one attached hydrogen (secondary N) is 1. The third kappa shape index (κ3) is 5.55. The lowest BCUT2D eigenvalue weighted by molar-refractivity contribution is -0.117. The molecule has 0 saturated carbocycles. The summed E-state index contributed by atoms with van der Waals surface area (Å²) in [5.74, 6) is 0.781. The molecule has 0 aliphatic carbocycles. The fourth-order valence-corrected chi connectivity index (χ4v) is 4.28. The standard InChI is InChI=1S/C22H20Cl2N4O4S/c1-12(2)9-28(21(30)14-3-5-15(23)16(24)7-14)10-19(29)25-22-27-26-20(33-22)13-4-6-17-18(8-13)32-11-31-17/h3-8,12H,9-11H2,1-2H3,(H,25,27,29). The Labute approximate surface area is 204 Å². The number of ether oxygens (including phenoxy) is 2. The molecule has 0 bridgehead atoms. The van der Waals surface area contributed by atoms with Crippen molar-refractivity contribution in [3.8, 4) is 22.1 Å². The van der Waals surface area contributed by atoms with E-state index in [-0.39, 0.29) is 36.1 Å². The average Bonchev–Trinajstić information content (AvgIpc) is 3.43. The Morgan fingerprint density at radius 1 is 1.09 bits per heavy atom. The van der Waals surface area contributed by atoms with Gasteiger partial charge in [-0.2, -0.15) is 0 Å². The fraction of sp³-hybridized carbons (Fsp3) is 0.273. The van der Waals surface area contributed by atoms with E-state index >= 15 is 0 Å². The van der Waals surface area contributed by atoms with Crippen LogP contribution in [0.1, 0.15) is 24.2 Å². The first-order valence-electron chi connectivity index (χ1n) is 10.1. The van der Waals surface area contributed by atoms with Gasteiger partial charge in [-0.1, -0.05) is 48.4 Å². The summed E-state index contributed by atoms with van der Waals surface area (Å²) in [6.07, 6.45) is 0. The van der Waals surface area contributed by atoms with Gasteiger partial charge < -0.3 is 14.4 Å². The first-order chi connectivity index (χ1) is 15.8. The van der Waals surface area contributed by atoms with Crippen molar-refractivity contribution in [2.75, 3.05) is 25.2 Å². The highest BCUT2D eigenvalue weighted by Gasteiger charge is 2.22. The summed E-state index contributed by atoms with van der Waals surface area (Å²) in [4.78, 5) is 27.2. The number of hydrogen-bond donors (Lipinski definition) is 1. The zero-order valence-corrected chi connectivity index (χ0v) is 20.1.